The van der Waals surface area contributed by atoms with Crippen molar-refractivity contribution in [1.29, 1.82) is 0 Å². The average molecular weight is 235 g/mol. The molecule has 2 unspecified atom stereocenters. The van der Waals surface area contributed by atoms with Crippen LogP contribution in [-0.4, -0.2) is 22.7 Å². The van der Waals surface area contributed by atoms with Crippen molar-refractivity contribution in [2.45, 2.75) is 37.5 Å². The second kappa shape index (κ2) is 4.85. The van der Waals surface area contributed by atoms with Gasteiger partial charge in [0, 0.05) is 0 Å². The minimum atomic E-state index is -0.861. The number of hydrogen-bond donors (Lipinski definition) is 2. The summed E-state index contributed by atoms with van der Waals surface area (Å²) in [5.41, 5.74) is 6.41. The van der Waals surface area contributed by atoms with Gasteiger partial charge in [0.1, 0.15) is 0 Å². The number of aliphatic carboxylic acids is 1. The molecule has 0 aliphatic heterocycles. The highest BCUT2D eigenvalue weighted by Crippen LogP contribution is 2.35. The van der Waals surface area contributed by atoms with E-state index in [2.05, 4.69) is 0 Å². The first kappa shape index (κ1) is 12.1. The van der Waals surface area contributed by atoms with Crippen molar-refractivity contribution in [2.75, 3.05) is 0 Å². The molecule has 2 atom stereocenters. The number of carbonyl (C=O) groups is 1. The number of nitrogens with two attached hydrogens (primary N) is 1. The Morgan fingerprint density at radius 3 is 2.71 bits per heavy atom. The first-order valence-corrected chi connectivity index (χ1v) is 5.76. The summed E-state index contributed by atoms with van der Waals surface area (Å²) in [6.45, 7) is 0.490. The van der Waals surface area contributed by atoms with Gasteiger partial charge < -0.3 is 15.6 Å². The zero-order valence-electron chi connectivity index (χ0n) is 9.63. The van der Waals surface area contributed by atoms with Gasteiger partial charge in [0.15, 0.2) is 0 Å². The molecule has 2 rings (SSSR count). The molecule has 1 aromatic rings. The van der Waals surface area contributed by atoms with Crippen LogP contribution in [0.3, 0.4) is 0 Å². The smallest absolute Gasteiger partial charge is 0.305 e. The first-order chi connectivity index (χ1) is 8.10. The van der Waals surface area contributed by atoms with Gasteiger partial charge in [-0.1, -0.05) is 30.3 Å². The van der Waals surface area contributed by atoms with Crippen LogP contribution in [0.5, 0.6) is 0 Å². The van der Waals surface area contributed by atoms with E-state index >= 15 is 0 Å². The van der Waals surface area contributed by atoms with Crippen LogP contribution in [-0.2, 0) is 16.1 Å². The lowest BCUT2D eigenvalue weighted by molar-refractivity contribution is -0.144. The predicted octanol–water partition coefficient (Wildman–Crippen LogP) is 1.54. The summed E-state index contributed by atoms with van der Waals surface area (Å²) in [5, 5.41) is 8.78. The lowest BCUT2D eigenvalue weighted by Gasteiger charge is -2.45. The molecule has 1 aliphatic rings. The number of carboxylic acids is 1. The average Bonchev–Trinajstić information content (AvgIpc) is 2.28. The third-order valence-electron chi connectivity index (χ3n) is 3.29. The summed E-state index contributed by atoms with van der Waals surface area (Å²) in [4.78, 5) is 10.7. The second-order valence-corrected chi connectivity index (χ2v) is 4.63. The zero-order chi connectivity index (χ0) is 12.3. The molecule has 1 aromatic carbocycles. The Kier molecular flexibility index (Phi) is 3.45. The van der Waals surface area contributed by atoms with Crippen molar-refractivity contribution < 1.29 is 14.6 Å². The van der Waals surface area contributed by atoms with Crippen LogP contribution in [0.1, 0.15) is 24.8 Å². The highest BCUT2D eigenvalue weighted by molar-refractivity contribution is 5.68. The number of benzene rings is 1. The van der Waals surface area contributed by atoms with Crippen molar-refractivity contribution in [3.63, 3.8) is 0 Å². The van der Waals surface area contributed by atoms with Gasteiger partial charge in [-0.3, -0.25) is 4.79 Å². The molecule has 1 saturated carbocycles. The normalized spacial score (nSPS) is 27.5. The van der Waals surface area contributed by atoms with Crippen LogP contribution in [0, 0.1) is 0 Å². The van der Waals surface area contributed by atoms with Gasteiger partial charge in [0.05, 0.1) is 24.7 Å². The first-order valence-electron chi connectivity index (χ1n) is 5.76. The van der Waals surface area contributed by atoms with E-state index in [9.17, 15) is 4.79 Å². The molecule has 4 heteroatoms. The molecule has 1 aliphatic carbocycles. The van der Waals surface area contributed by atoms with Gasteiger partial charge in [-0.15, -0.1) is 0 Å². The van der Waals surface area contributed by atoms with Gasteiger partial charge in [-0.2, -0.15) is 0 Å². The van der Waals surface area contributed by atoms with Crippen LogP contribution >= 0.6 is 0 Å². The highest BCUT2D eigenvalue weighted by Gasteiger charge is 2.45. The summed E-state index contributed by atoms with van der Waals surface area (Å²) >= 11 is 0. The topological polar surface area (TPSA) is 72.6 Å². The van der Waals surface area contributed by atoms with Gasteiger partial charge in [0.25, 0.3) is 0 Å². The monoisotopic (exact) mass is 235 g/mol. The van der Waals surface area contributed by atoms with E-state index in [1.54, 1.807) is 0 Å². The second-order valence-electron chi connectivity index (χ2n) is 4.63. The number of rotatable bonds is 5. The number of ether oxygens (including phenoxy) is 1. The van der Waals surface area contributed by atoms with Crippen LogP contribution in [0.25, 0.3) is 0 Å². The molecule has 1 fully saturated rings. The SMILES string of the molecule is NC1(CC(=O)O)CCC1OCc1ccccc1. The van der Waals surface area contributed by atoms with E-state index in [4.69, 9.17) is 15.6 Å². The molecule has 0 amide bonds. The molecular weight excluding hydrogens is 218 g/mol. The van der Waals surface area contributed by atoms with Crippen molar-refractivity contribution in [3.8, 4) is 0 Å². The predicted molar refractivity (Wildman–Crippen MR) is 63.4 cm³/mol. The largest absolute Gasteiger partial charge is 0.481 e. The van der Waals surface area contributed by atoms with Gasteiger partial charge in [0.2, 0.25) is 0 Å². The molecule has 0 heterocycles. The molecule has 3 N–H and O–H groups in total. The van der Waals surface area contributed by atoms with E-state index in [-0.39, 0.29) is 12.5 Å². The highest BCUT2D eigenvalue weighted by atomic mass is 16.5. The maximum atomic E-state index is 10.7. The third-order valence-corrected chi connectivity index (χ3v) is 3.29. The van der Waals surface area contributed by atoms with Crippen LogP contribution < -0.4 is 5.73 Å². The maximum Gasteiger partial charge on any atom is 0.305 e. The summed E-state index contributed by atoms with van der Waals surface area (Å²) in [5.74, 6) is -0.861. The van der Waals surface area contributed by atoms with Crippen LogP contribution in [0.2, 0.25) is 0 Å². The fraction of sp³-hybridized carbons (Fsp3) is 0.462. The van der Waals surface area contributed by atoms with Crippen molar-refractivity contribution >= 4 is 5.97 Å². The molecule has 17 heavy (non-hydrogen) atoms. The standard InChI is InChI=1S/C13H17NO3/c14-13(8-12(15)16)7-6-11(13)17-9-10-4-2-1-3-5-10/h1-5,11H,6-9,14H2,(H,15,16). The summed E-state index contributed by atoms with van der Waals surface area (Å²) < 4.78 is 5.69. The Hall–Kier alpha value is -1.39. The maximum absolute atomic E-state index is 10.7. The van der Waals surface area contributed by atoms with Crippen molar-refractivity contribution in [1.82, 2.24) is 0 Å². The molecule has 4 nitrogen and oxygen atoms in total. The fourth-order valence-corrected chi connectivity index (χ4v) is 2.14. The Morgan fingerprint density at radius 1 is 1.47 bits per heavy atom. The summed E-state index contributed by atoms with van der Waals surface area (Å²) in [6.07, 6.45) is 1.40. The Balaban J connectivity index is 1.86. The summed E-state index contributed by atoms with van der Waals surface area (Å²) in [6, 6.07) is 9.81. The number of hydrogen-bond acceptors (Lipinski definition) is 3. The molecule has 0 saturated heterocycles. The molecule has 0 bridgehead atoms. The number of carboxylic acid groups (broad SMARTS) is 1. The third kappa shape index (κ3) is 2.84. The van der Waals surface area contributed by atoms with Gasteiger partial charge in [-0.05, 0) is 18.4 Å². The van der Waals surface area contributed by atoms with Crippen LogP contribution in [0.4, 0.5) is 0 Å². The molecule has 0 spiro atoms. The minimum Gasteiger partial charge on any atom is -0.481 e. The van der Waals surface area contributed by atoms with E-state index in [1.807, 2.05) is 30.3 Å². The lowest BCUT2D eigenvalue weighted by atomic mass is 9.72. The molecule has 0 radical (unpaired) electrons. The Morgan fingerprint density at radius 2 is 2.18 bits per heavy atom. The van der Waals surface area contributed by atoms with Crippen molar-refractivity contribution in [2.24, 2.45) is 5.73 Å². The van der Waals surface area contributed by atoms with E-state index < -0.39 is 11.5 Å². The van der Waals surface area contributed by atoms with Gasteiger partial charge in [-0.25, -0.2) is 0 Å². The van der Waals surface area contributed by atoms with E-state index in [0.29, 0.717) is 6.61 Å². The van der Waals surface area contributed by atoms with Gasteiger partial charge >= 0.3 is 5.97 Å². The Bertz CT molecular complexity index is 393. The Labute approximate surface area is 100 Å². The van der Waals surface area contributed by atoms with E-state index in [0.717, 1.165) is 18.4 Å². The van der Waals surface area contributed by atoms with E-state index in [1.165, 1.54) is 0 Å². The quantitative estimate of drug-likeness (QED) is 0.812. The molecule has 92 valence electrons. The molecule has 0 aromatic heterocycles. The van der Waals surface area contributed by atoms with Crippen molar-refractivity contribution in [3.05, 3.63) is 35.9 Å². The lowest BCUT2D eigenvalue weighted by Crippen LogP contribution is -2.60. The van der Waals surface area contributed by atoms with Crippen LogP contribution in [0.15, 0.2) is 30.3 Å². The zero-order valence-corrected chi connectivity index (χ0v) is 9.63. The summed E-state index contributed by atoms with van der Waals surface area (Å²) in [7, 11) is 0. The fourth-order valence-electron chi connectivity index (χ4n) is 2.14. The molecular formula is C13H17NO3. The minimum absolute atomic E-state index is 0.0214.